The molecule has 0 rings (SSSR count). The van der Waals surface area contributed by atoms with Gasteiger partial charge in [-0.3, -0.25) is 29.0 Å². The van der Waals surface area contributed by atoms with Crippen molar-refractivity contribution in [3.63, 3.8) is 0 Å². The highest BCUT2D eigenvalue weighted by Gasteiger charge is 2.22. The van der Waals surface area contributed by atoms with Crippen LogP contribution in [0.15, 0.2) is 4.99 Å². The Morgan fingerprint density at radius 1 is 0.931 bits per heavy atom. The first kappa shape index (κ1) is 25.6. The zero-order valence-corrected chi connectivity index (χ0v) is 15.8. The lowest BCUT2D eigenvalue weighted by atomic mass is 10.1. The Kier molecular flexibility index (Phi) is 12.1. The number of carboxylic acid groups (broad SMARTS) is 1. The summed E-state index contributed by atoms with van der Waals surface area (Å²) in [5.41, 5.74) is 20.9. The van der Waals surface area contributed by atoms with Crippen LogP contribution in [0.25, 0.3) is 0 Å². The van der Waals surface area contributed by atoms with E-state index < -0.39 is 54.8 Å². The molecule has 0 aliphatic heterocycles. The molecule has 0 fully saturated rings. The summed E-state index contributed by atoms with van der Waals surface area (Å²) in [5, 5.41) is 15.5. The fourth-order valence-corrected chi connectivity index (χ4v) is 2.03. The highest BCUT2D eigenvalue weighted by atomic mass is 16.4. The molecule has 0 aliphatic carbocycles. The first-order valence-corrected chi connectivity index (χ1v) is 8.68. The number of primary amides is 1. The van der Waals surface area contributed by atoms with E-state index in [0.717, 1.165) is 0 Å². The standard InChI is InChI=1S/C15H28N8O6/c16-8(3-4-10(17)24)13(28)21-6-11(25)23-9(2-1-5-20-15(18)19)14(29)22-7-12(26)27/h8-9H,1-7,16H2,(H2,17,24)(H,21,28)(H,22,29)(H,23,25)(H,26,27)(H4,18,19,20). The van der Waals surface area contributed by atoms with Crippen LogP contribution in [0.5, 0.6) is 0 Å². The lowest BCUT2D eigenvalue weighted by Gasteiger charge is -2.18. The van der Waals surface area contributed by atoms with Crippen LogP contribution in [-0.2, 0) is 24.0 Å². The molecule has 0 aromatic rings. The largest absolute Gasteiger partial charge is 0.480 e. The van der Waals surface area contributed by atoms with Crippen LogP contribution in [0, 0.1) is 0 Å². The summed E-state index contributed by atoms with van der Waals surface area (Å²) in [4.78, 5) is 60.9. The minimum absolute atomic E-state index is 0.0216. The van der Waals surface area contributed by atoms with Crippen molar-refractivity contribution in [1.82, 2.24) is 16.0 Å². The summed E-state index contributed by atoms with van der Waals surface area (Å²) in [7, 11) is 0. The normalized spacial score (nSPS) is 12.2. The Labute approximate surface area is 166 Å². The van der Waals surface area contributed by atoms with Crippen molar-refractivity contribution in [2.45, 2.75) is 37.8 Å². The van der Waals surface area contributed by atoms with E-state index in [1.807, 2.05) is 0 Å². The molecule has 14 heteroatoms. The molecule has 29 heavy (non-hydrogen) atoms. The molecule has 2 unspecified atom stereocenters. The van der Waals surface area contributed by atoms with Crippen molar-refractivity contribution in [3.05, 3.63) is 0 Å². The number of nitrogens with two attached hydrogens (primary N) is 4. The average molecular weight is 416 g/mol. The van der Waals surface area contributed by atoms with E-state index in [4.69, 9.17) is 28.0 Å². The van der Waals surface area contributed by atoms with E-state index in [1.165, 1.54) is 0 Å². The van der Waals surface area contributed by atoms with Crippen molar-refractivity contribution in [2.24, 2.45) is 27.9 Å². The molecule has 0 bridgehead atoms. The zero-order chi connectivity index (χ0) is 22.4. The molecule has 14 nitrogen and oxygen atoms in total. The maximum absolute atomic E-state index is 12.1. The van der Waals surface area contributed by atoms with Gasteiger partial charge < -0.3 is 44.0 Å². The molecule has 4 amide bonds. The molecule has 0 aliphatic rings. The van der Waals surface area contributed by atoms with E-state index in [9.17, 15) is 24.0 Å². The number of amides is 4. The second-order valence-electron chi connectivity index (χ2n) is 6.01. The molecule has 0 aromatic heterocycles. The molecule has 0 aromatic carbocycles. The van der Waals surface area contributed by atoms with Crippen LogP contribution >= 0.6 is 0 Å². The van der Waals surface area contributed by atoms with Crippen molar-refractivity contribution in [2.75, 3.05) is 19.6 Å². The van der Waals surface area contributed by atoms with Gasteiger partial charge in [0.2, 0.25) is 23.6 Å². The number of aliphatic imine (C=N–C) groups is 1. The molecule has 164 valence electrons. The molecular formula is C15H28N8O6. The van der Waals surface area contributed by atoms with Crippen LogP contribution in [0.3, 0.4) is 0 Å². The minimum atomic E-state index is -1.25. The second-order valence-corrected chi connectivity index (χ2v) is 6.01. The monoisotopic (exact) mass is 416 g/mol. The number of aliphatic carboxylic acids is 1. The molecule has 0 saturated carbocycles. The summed E-state index contributed by atoms with van der Waals surface area (Å²) in [6.45, 7) is -0.892. The first-order valence-electron chi connectivity index (χ1n) is 8.68. The van der Waals surface area contributed by atoms with Gasteiger partial charge in [0.05, 0.1) is 12.6 Å². The van der Waals surface area contributed by atoms with Crippen molar-refractivity contribution in [1.29, 1.82) is 0 Å². The number of carbonyl (C=O) groups excluding carboxylic acids is 4. The first-order chi connectivity index (χ1) is 13.5. The lowest BCUT2D eigenvalue weighted by Crippen LogP contribution is -2.51. The van der Waals surface area contributed by atoms with E-state index >= 15 is 0 Å². The van der Waals surface area contributed by atoms with Gasteiger partial charge in [-0.15, -0.1) is 0 Å². The van der Waals surface area contributed by atoms with Crippen molar-refractivity contribution >= 4 is 35.6 Å². The fraction of sp³-hybridized carbons (Fsp3) is 0.600. The summed E-state index contributed by atoms with van der Waals surface area (Å²) in [6, 6.07) is -2.08. The van der Waals surface area contributed by atoms with Crippen LogP contribution in [0.4, 0.5) is 0 Å². The topological polar surface area (TPSA) is 258 Å². The Morgan fingerprint density at radius 2 is 1.55 bits per heavy atom. The summed E-state index contributed by atoms with van der Waals surface area (Å²) < 4.78 is 0. The van der Waals surface area contributed by atoms with E-state index in [-0.39, 0.29) is 31.8 Å². The zero-order valence-electron chi connectivity index (χ0n) is 15.8. The Bertz CT molecular complexity index is 634. The Balaban J connectivity index is 4.64. The second kappa shape index (κ2) is 13.7. The minimum Gasteiger partial charge on any atom is -0.480 e. The third kappa shape index (κ3) is 13.4. The van der Waals surface area contributed by atoms with E-state index in [1.54, 1.807) is 0 Å². The Morgan fingerprint density at radius 3 is 2.10 bits per heavy atom. The van der Waals surface area contributed by atoms with Gasteiger partial charge in [-0.2, -0.15) is 0 Å². The number of carbonyl (C=O) groups is 5. The number of guanidine groups is 1. The van der Waals surface area contributed by atoms with Crippen molar-refractivity contribution < 1.29 is 29.1 Å². The number of hydrogen-bond donors (Lipinski definition) is 8. The lowest BCUT2D eigenvalue weighted by molar-refractivity contribution is -0.138. The molecule has 0 heterocycles. The van der Waals surface area contributed by atoms with Gasteiger partial charge in [-0.1, -0.05) is 0 Å². The SMILES string of the molecule is NC(=O)CCC(N)C(=O)NCC(=O)NC(CCCN=C(N)N)C(=O)NCC(=O)O. The predicted octanol–water partition coefficient (Wildman–Crippen LogP) is -4.57. The van der Waals surface area contributed by atoms with E-state index in [2.05, 4.69) is 20.9 Å². The van der Waals surface area contributed by atoms with Gasteiger partial charge in [-0.25, -0.2) is 0 Å². The van der Waals surface area contributed by atoms with Crippen molar-refractivity contribution in [3.8, 4) is 0 Å². The maximum atomic E-state index is 12.1. The molecule has 0 saturated heterocycles. The fourth-order valence-electron chi connectivity index (χ4n) is 2.03. The highest BCUT2D eigenvalue weighted by molar-refractivity contribution is 5.92. The molecule has 0 spiro atoms. The van der Waals surface area contributed by atoms with Gasteiger partial charge in [0.1, 0.15) is 12.6 Å². The van der Waals surface area contributed by atoms with Gasteiger partial charge in [0, 0.05) is 13.0 Å². The highest BCUT2D eigenvalue weighted by Crippen LogP contribution is 1.99. The molecular weight excluding hydrogens is 388 g/mol. The number of carboxylic acids is 1. The average Bonchev–Trinajstić information content (AvgIpc) is 2.64. The van der Waals surface area contributed by atoms with Crippen LogP contribution in [0.2, 0.25) is 0 Å². The maximum Gasteiger partial charge on any atom is 0.322 e. The van der Waals surface area contributed by atoms with Crippen LogP contribution in [-0.4, -0.2) is 72.4 Å². The molecule has 12 N–H and O–H groups in total. The van der Waals surface area contributed by atoms with Gasteiger partial charge >= 0.3 is 5.97 Å². The smallest absolute Gasteiger partial charge is 0.322 e. The number of nitrogens with zero attached hydrogens (tertiary/aromatic N) is 1. The van der Waals surface area contributed by atoms with Gasteiger partial charge in [0.15, 0.2) is 5.96 Å². The molecule has 2 atom stereocenters. The number of hydrogen-bond acceptors (Lipinski definition) is 7. The quantitative estimate of drug-likeness (QED) is 0.0768. The Hall–Kier alpha value is -3.42. The van der Waals surface area contributed by atoms with Gasteiger partial charge in [-0.05, 0) is 19.3 Å². The summed E-state index contributed by atoms with van der Waals surface area (Å²) in [5.74, 6) is -4.06. The van der Waals surface area contributed by atoms with Crippen LogP contribution < -0.4 is 38.9 Å². The number of rotatable bonds is 14. The predicted molar refractivity (Wildman–Crippen MR) is 102 cm³/mol. The third-order valence-corrected chi connectivity index (χ3v) is 3.47. The number of nitrogens with one attached hydrogen (secondary N) is 3. The van der Waals surface area contributed by atoms with E-state index in [0.29, 0.717) is 6.42 Å². The third-order valence-electron chi connectivity index (χ3n) is 3.47. The van der Waals surface area contributed by atoms with Crippen LogP contribution in [0.1, 0.15) is 25.7 Å². The summed E-state index contributed by atoms with van der Waals surface area (Å²) >= 11 is 0. The summed E-state index contributed by atoms with van der Waals surface area (Å²) in [6.07, 6.45) is 0.393. The molecule has 0 radical (unpaired) electrons. The van der Waals surface area contributed by atoms with Gasteiger partial charge in [0.25, 0.3) is 0 Å².